The second-order valence-corrected chi connectivity index (χ2v) is 5.64. The van der Waals surface area contributed by atoms with Crippen molar-refractivity contribution in [1.29, 1.82) is 0 Å². The van der Waals surface area contributed by atoms with Crippen molar-refractivity contribution in [2.24, 2.45) is 0 Å². The second kappa shape index (κ2) is 7.70. The van der Waals surface area contributed by atoms with Crippen LogP contribution < -0.4 is 10.6 Å². The predicted molar refractivity (Wildman–Crippen MR) is 92.5 cm³/mol. The summed E-state index contributed by atoms with van der Waals surface area (Å²) in [5.41, 5.74) is 2.45. The van der Waals surface area contributed by atoms with Gasteiger partial charge >= 0.3 is 0 Å². The van der Waals surface area contributed by atoms with Crippen LogP contribution in [0.1, 0.15) is 42.7 Å². The van der Waals surface area contributed by atoms with E-state index < -0.39 is 0 Å². The van der Waals surface area contributed by atoms with Crippen LogP contribution in [0.2, 0.25) is 0 Å². The largest absolute Gasteiger partial charge is 0.325 e. The van der Waals surface area contributed by atoms with Gasteiger partial charge in [0, 0.05) is 17.3 Å². The van der Waals surface area contributed by atoms with E-state index in [0.29, 0.717) is 11.3 Å². The van der Waals surface area contributed by atoms with Crippen LogP contribution in [0, 0.1) is 0 Å². The number of ketones is 1. The fraction of sp³-hybridized carbons (Fsp3) is 0.263. The van der Waals surface area contributed by atoms with Crippen molar-refractivity contribution in [3.63, 3.8) is 0 Å². The van der Waals surface area contributed by atoms with Gasteiger partial charge in [0.25, 0.3) is 0 Å². The molecule has 4 nitrogen and oxygen atoms in total. The van der Waals surface area contributed by atoms with E-state index in [1.165, 1.54) is 6.92 Å². The fourth-order valence-corrected chi connectivity index (χ4v) is 2.33. The topological polar surface area (TPSA) is 58.2 Å². The number of carbonyl (C=O) groups excluding carboxylic acids is 2. The Kier molecular flexibility index (Phi) is 5.66. The summed E-state index contributed by atoms with van der Waals surface area (Å²) in [6, 6.07) is 16.6. The maximum Gasteiger partial charge on any atom is 0.241 e. The third-order valence-corrected chi connectivity index (χ3v) is 3.75. The molecule has 23 heavy (non-hydrogen) atoms. The van der Waals surface area contributed by atoms with Crippen molar-refractivity contribution in [3.05, 3.63) is 65.7 Å². The molecule has 2 rings (SSSR count). The Morgan fingerprint density at radius 2 is 1.52 bits per heavy atom. The molecule has 4 heteroatoms. The summed E-state index contributed by atoms with van der Waals surface area (Å²) in [5.74, 6) is -0.0991. The average Bonchev–Trinajstić information content (AvgIpc) is 2.56. The molecule has 0 spiro atoms. The normalized spacial score (nSPS) is 13.2. The predicted octanol–water partition coefficient (Wildman–Crippen LogP) is 3.57. The lowest BCUT2D eigenvalue weighted by molar-refractivity contribution is -0.117. The van der Waals surface area contributed by atoms with Crippen molar-refractivity contribution in [1.82, 2.24) is 5.32 Å². The first-order valence-corrected chi connectivity index (χ1v) is 7.70. The van der Waals surface area contributed by atoms with E-state index in [1.54, 1.807) is 24.3 Å². The van der Waals surface area contributed by atoms with Crippen LogP contribution in [0.5, 0.6) is 0 Å². The number of anilines is 1. The molecular weight excluding hydrogens is 288 g/mol. The van der Waals surface area contributed by atoms with Gasteiger partial charge in [0.15, 0.2) is 5.78 Å². The van der Waals surface area contributed by atoms with E-state index in [2.05, 4.69) is 10.6 Å². The molecule has 2 atom stereocenters. The number of amides is 1. The molecular formula is C19H22N2O2. The zero-order valence-corrected chi connectivity index (χ0v) is 13.7. The molecule has 0 bridgehead atoms. The standard InChI is InChI=1S/C19H22N2O2/c1-13(16-7-5-4-6-8-16)20-14(2)19(23)21-18-11-9-17(10-12-18)15(3)22/h4-14,20H,1-3H3,(H,21,23)/t13-,14+/m1/s1. The van der Waals surface area contributed by atoms with E-state index in [0.717, 1.165) is 5.56 Å². The molecule has 0 saturated heterocycles. The molecule has 0 fully saturated rings. The SMILES string of the molecule is CC(=O)c1ccc(NC(=O)[C@H](C)N[C@H](C)c2ccccc2)cc1. The van der Waals surface area contributed by atoms with E-state index >= 15 is 0 Å². The van der Waals surface area contributed by atoms with Crippen LogP contribution in [0.4, 0.5) is 5.69 Å². The van der Waals surface area contributed by atoms with Crippen LogP contribution in [0.25, 0.3) is 0 Å². The van der Waals surface area contributed by atoms with Gasteiger partial charge < -0.3 is 5.32 Å². The zero-order chi connectivity index (χ0) is 16.8. The van der Waals surface area contributed by atoms with Gasteiger partial charge in [-0.25, -0.2) is 0 Å². The summed E-state index contributed by atoms with van der Waals surface area (Å²) in [7, 11) is 0. The third-order valence-electron chi connectivity index (χ3n) is 3.75. The number of rotatable bonds is 6. The van der Waals surface area contributed by atoms with Gasteiger partial charge in [0.05, 0.1) is 6.04 Å². The van der Waals surface area contributed by atoms with Crippen molar-refractivity contribution < 1.29 is 9.59 Å². The molecule has 120 valence electrons. The number of Topliss-reactive ketones (excluding diaryl/α,β-unsaturated/α-hetero) is 1. The first kappa shape index (κ1) is 16.9. The lowest BCUT2D eigenvalue weighted by Crippen LogP contribution is -2.39. The molecule has 0 aliphatic carbocycles. The van der Waals surface area contributed by atoms with E-state index in [4.69, 9.17) is 0 Å². The quantitative estimate of drug-likeness (QED) is 0.802. The molecule has 2 N–H and O–H groups in total. The molecule has 0 aliphatic rings. The highest BCUT2D eigenvalue weighted by molar-refractivity contribution is 5.96. The Morgan fingerprint density at radius 3 is 2.09 bits per heavy atom. The summed E-state index contributed by atoms with van der Waals surface area (Å²) in [5, 5.41) is 6.13. The Morgan fingerprint density at radius 1 is 0.913 bits per heavy atom. The van der Waals surface area contributed by atoms with E-state index in [9.17, 15) is 9.59 Å². The highest BCUT2D eigenvalue weighted by atomic mass is 16.2. The number of benzene rings is 2. The molecule has 0 radical (unpaired) electrons. The summed E-state index contributed by atoms with van der Waals surface area (Å²) in [6.45, 7) is 5.38. The van der Waals surface area contributed by atoms with Gasteiger partial charge in [-0.05, 0) is 50.6 Å². The van der Waals surface area contributed by atoms with Crippen LogP contribution in [-0.4, -0.2) is 17.7 Å². The molecule has 2 aromatic carbocycles. The number of hydrogen-bond donors (Lipinski definition) is 2. The minimum atomic E-state index is -0.335. The fourth-order valence-electron chi connectivity index (χ4n) is 2.33. The van der Waals surface area contributed by atoms with Crippen molar-refractivity contribution in [3.8, 4) is 0 Å². The van der Waals surface area contributed by atoms with E-state index in [1.807, 2.05) is 44.2 Å². The summed E-state index contributed by atoms with van der Waals surface area (Å²) >= 11 is 0. The second-order valence-electron chi connectivity index (χ2n) is 5.64. The monoisotopic (exact) mass is 310 g/mol. The Labute approximate surface area is 136 Å². The smallest absolute Gasteiger partial charge is 0.241 e. The Balaban J connectivity index is 1.93. The van der Waals surface area contributed by atoms with Crippen LogP contribution >= 0.6 is 0 Å². The lowest BCUT2D eigenvalue weighted by Gasteiger charge is -2.20. The number of hydrogen-bond acceptors (Lipinski definition) is 3. The molecule has 2 aromatic rings. The first-order valence-electron chi connectivity index (χ1n) is 7.70. The number of nitrogens with one attached hydrogen (secondary N) is 2. The molecule has 0 aliphatic heterocycles. The van der Waals surface area contributed by atoms with Gasteiger partial charge in [-0.3, -0.25) is 14.9 Å². The highest BCUT2D eigenvalue weighted by Crippen LogP contribution is 2.14. The molecule has 0 heterocycles. The van der Waals surface area contributed by atoms with Crippen LogP contribution in [-0.2, 0) is 4.79 Å². The molecule has 0 aromatic heterocycles. The van der Waals surface area contributed by atoms with Crippen molar-refractivity contribution in [2.75, 3.05) is 5.32 Å². The first-order chi connectivity index (χ1) is 11.0. The van der Waals surface area contributed by atoms with Gasteiger partial charge in [0.1, 0.15) is 0 Å². The summed E-state index contributed by atoms with van der Waals surface area (Å²) in [4.78, 5) is 23.5. The third kappa shape index (κ3) is 4.76. The van der Waals surface area contributed by atoms with Gasteiger partial charge in [-0.2, -0.15) is 0 Å². The molecule has 0 unspecified atom stereocenters. The number of carbonyl (C=O) groups is 2. The summed E-state index contributed by atoms with van der Waals surface area (Å²) in [6.07, 6.45) is 0. The highest BCUT2D eigenvalue weighted by Gasteiger charge is 2.16. The van der Waals surface area contributed by atoms with Crippen LogP contribution in [0.15, 0.2) is 54.6 Å². The minimum Gasteiger partial charge on any atom is -0.325 e. The van der Waals surface area contributed by atoms with Gasteiger partial charge in [-0.1, -0.05) is 30.3 Å². The maximum atomic E-state index is 12.3. The minimum absolute atomic E-state index is 0.00889. The molecule has 0 saturated carbocycles. The average molecular weight is 310 g/mol. The Bertz CT molecular complexity index is 666. The van der Waals surface area contributed by atoms with E-state index in [-0.39, 0.29) is 23.8 Å². The summed E-state index contributed by atoms with van der Waals surface area (Å²) < 4.78 is 0. The van der Waals surface area contributed by atoms with Gasteiger partial charge in [-0.15, -0.1) is 0 Å². The lowest BCUT2D eigenvalue weighted by atomic mass is 10.1. The molecule has 1 amide bonds. The van der Waals surface area contributed by atoms with Crippen LogP contribution in [0.3, 0.4) is 0 Å². The van der Waals surface area contributed by atoms with Crippen molar-refractivity contribution >= 4 is 17.4 Å². The Hall–Kier alpha value is -2.46. The van der Waals surface area contributed by atoms with Crippen molar-refractivity contribution in [2.45, 2.75) is 32.9 Å². The zero-order valence-electron chi connectivity index (χ0n) is 13.7. The van der Waals surface area contributed by atoms with Gasteiger partial charge in [0.2, 0.25) is 5.91 Å². The maximum absolute atomic E-state index is 12.3.